The SMILES string of the molecule is CCCCOC(=O)c1ccc(N2C(=O)C(Nc3ccc(O)cc3)=C(Sc3ccc(Cl)cc3)C2=O)cc1. The number of unbranched alkanes of at least 4 members (excludes halogenated alkanes) is 1. The van der Waals surface area contributed by atoms with Gasteiger partial charge in [0.2, 0.25) is 0 Å². The van der Waals surface area contributed by atoms with Crippen LogP contribution in [0.3, 0.4) is 0 Å². The monoisotopic (exact) mass is 522 g/mol. The minimum Gasteiger partial charge on any atom is -0.508 e. The highest BCUT2D eigenvalue weighted by atomic mass is 35.5. The van der Waals surface area contributed by atoms with E-state index in [9.17, 15) is 19.5 Å². The van der Waals surface area contributed by atoms with Gasteiger partial charge in [-0.3, -0.25) is 9.59 Å². The fourth-order valence-electron chi connectivity index (χ4n) is 3.40. The van der Waals surface area contributed by atoms with Gasteiger partial charge in [0, 0.05) is 15.6 Å². The Morgan fingerprint density at radius 1 is 0.972 bits per heavy atom. The number of phenolic OH excluding ortho intramolecular Hbond substituents is 1. The van der Waals surface area contributed by atoms with Gasteiger partial charge in [-0.05, 0) is 79.2 Å². The summed E-state index contributed by atoms with van der Waals surface area (Å²) >= 11 is 7.13. The van der Waals surface area contributed by atoms with Gasteiger partial charge in [0.1, 0.15) is 16.4 Å². The van der Waals surface area contributed by atoms with E-state index in [1.165, 1.54) is 24.3 Å². The highest BCUT2D eigenvalue weighted by molar-refractivity contribution is 8.04. The minimum atomic E-state index is -0.539. The van der Waals surface area contributed by atoms with Crippen LogP contribution in [0.15, 0.2) is 88.3 Å². The van der Waals surface area contributed by atoms with E-state index in [2.05, 4.69) is 5.32 Å². The molecule has 9 heteroatoms. The molecule has 3 aromatic rings. The summed E-state index contributed by atoms with van der Waals surface area (Å²) in [7, 11) is 0. The van der Waals surface area contributed by atoms with E-state index >= 15 is 0 Å². The number of benzene rings is 3. The van der Waals surface area contributed by atoms with Crippen molar-refractivity contribution in [3.63, 3.8) is 0 Å². The highest BCUT2D eigenvalue weighted by Gasteiger charge is 2.40. The summed E-state index contributed by atoms with van der Waals surface area (Å²) in [6.45, 7) is 2.34. The molecular formula is C27H23ClN2O5S. The maximum atomic E-state index is 13.5. The van der Waals surface area contributed by atoms with Gasteiger partial charge >= 0.3 is 5.97 Å². The molecular weight excluding hydrogens is 500 g/mol. The van der Waals surface area contributed by atoms with E-state index in [4.69, 9.17) is 16.3 Å². The lowest BCUT2D eigenvalue weighted by Crippen LogP contribution is -2.32. The third-order valence-electron chi connectivity index (χ3n) is 5.30. The van der Waals surface area contributed by atoms with Crippen LogP contribution in [0.5, 0.6) is 5.75 Å². The molecule has 184 valence electrons. The van der Waals surface area contributed by atoms with Crippen LogP contribution in [0, 0.1) is 0 Å². The average Bonchev–Trinajstić information content (AvgIpc) is 3.10. The molecule has 0 aliphatic carbocycles. The number of rotatable bonds is 9. The number of nitrogens with zero attached hydrogens (tertiary/aromatic N) is 1. The summed E-state index contributed by atoms with van der Waals surface area (Å²) in [5.41, 5.74) is 1.30. The van der Waals surface area contributed by atoms with E-state index in [1.807, 2.05) is 6.92 Å². The van der Waals surface area contributed by atoms with Crippen molar-refractivity contribution >= 4 is 52.5 Å². The number of nitrogens with one attached hydrogen (secondary N) is 1. The number of imide groups is 1. The van der Waals surface area contributed by atoms with E-state index in [-0.39, 0.29) is 16.4 Å². The zero-order valence-electron chi connectivity index (χ0n) is 19.4. The summed E-state index contributed by atoms with van der Waals surface area (Å²) in [6, 6.07) is 19.2. The molecule has 1 aliphatic rings. The summed E-state index contributed by atoms with van der Waals surface area (Å²) < 4.78 is 5.22. The lowest BCUT2D eigenvalue weighted by molar-refractivity contribution is -0.120. The number of carbonyl (C=O) groups excluding carboxylic acids is 3. The molecule has 0 radical (unpaired) electrons. The van der Waals surface area contributed by atoms with Crippen LogP contribution in [0.4, 0.5) is 11.4 Å². The molecule has 0 atom stereocenters. The van der Waals surface area contributed by atoms with E-state index in [0.717, 1.165) is 34.4 Å². The Labute approximate surface area is 217 Å². The predicted octanol–water partition coefficient (Wildman–Crippen LogP) is 5.99. The molecule has 2 N–H and O–H groups in total. The van der Waals surface area contributed by atoms with Crippen molar-refractivity contribution in [3.8, 4) is 5.75 Å². The first-order valence-electron chi connectivity index (χ1n) is 11.3. The summed E-state index contributed by atoms with van der Waals surface area (Å²) in [5.74, 6) is -1.42. The van der Waals surface area contributed by atoms with Crippen molar-refractivity contribution in [2.45, 2.75) is 24.7 Å². The molecule has 0 fully saturated rings. The fraction of sp³-hybridized carbons (Fsp3) is 0.148. The van der Waals surface area contributed by atoms with Crippen molar-refractivity contribution in [1.29, 1.82) is 0 Å². The number of aromatic hydroxyl groups is 1. The number of hydrogen-bond donors (Lipinski definition) is 2. The number of anilines is 2. The maximum absolute atomic E-state index is 13.5. The predicted molar refractivity (Wildman–Crippen MR) is 140 cm³/mol. The first-order valence-corrected chi connectivity index (χ1v) is 12.5. The number of halogens is 1. The topological polar surface area (TPSA) is 95.9 Å². The van der Waals surface area contributed by atoms with Gasteiger partial charge in [-0.15, -0.1) is 0 Å². The minimum absolute atomic E-state index is 0.0778. The normalized spacial score (nSPS) is 13.3. The van der Waals surface area contributed by atoms with Crippen LogP contribution < -0.4 is 10.2 Å². The molecule has 3 aromatic carbocycles. The Bertz CT molecular complexity index is 1240. The van der Waals surface area contributed by atoms with Crippen LogP contribution in [-0.2, 0) is 14.3 Å². The molecule has 0 bridgehead atoms. The molecule has 2 amide bonds. The van der Waals surface area contributed by atoms with Gasteiger partial charge in [0.15, 0.2) is 0 Å². The number of thioether (sulfide) groups is 1. The highest BCUT2D eigenvalue weighted by Crippen LogP contribution is 2.38. The van der Waals surface area contributed by atoms with Gasteiger partial charge in [0.05, 0.1) is 17.9 Å². The zero-order chi connectivity index (χ0) is 25.7. The Morgan fingerprint density at radius 3 is 2.28 bits per heavy atom. The summed E-state index contributed by atoms with van der Waals surface area (Å²) in [4.78, 5) is 41.1. The van der Waals surface area contributed by atoms with Crippen LogP contribution in [0.25, 0.3) is 0 Å². The molecule has 0 aromatic heterocycles. The molecule has 0 spiro atoms. The number of ether oxygens (including phenoxy) is 1. The van der Waals surface area contributed by atoms with E-state index in [0.29, 0.717) is 28.6 Å². The fourth-order valence-corrected chi connectivity index (χ4v) is 4.45. The smallest absolute Gasteiger partial charge is 0.338 e. The number of esters is 1. The Hall–Kier alpha value is -3.75. The van der Waals surface area contributed by atoms with Crippen molar-refractivity contribution in [2.75, 3.05) is 16.8 Å². The second-order valence-corrected chi connectivity index (χ2v) is 9.43. The standard InChI is InChI=1S/C27H23ClN2O5S/c1-2-3-16-35-27(34)17-4-10-20(11-5-17)30-25(32)23(29-19-8-12-21(31)13-9-19)24(26(30)33)36-22-14-6-18(28)7-15-22/h4-15,29,31H,2-3,16H2,1H3. The molecule has 7 nitrogen and oxygen atoms in total. The third kappa shape index (κ3) is 5.72. The summed E-state index contributed by atoms with van der Waals surface area (Å²) in [5, 5.41) is 13.2. The Balaban J connectivity index is 1.62. The van der Waals surface area contributed by atoms with Gasteiger partial charge in [0.25, 0.3) is 11.8 Å². The first-order chi connectivity index (χ1) is 17.4. The second-order valence-electron chi connectivity index (χ2n) is 7.91. The quantitative estimate of drug-likeness (QED) is 0.154. The van der Waals surface area contributed by atoms with Crippen molar-refractivity contribution in [2.24, 2.45) is 0 Å². The zero-order valence-corrected chi connectivity index (χ0v) is 20.9. The number of carbonyl (C=O) groups is 3. The van der Waals surface area contributed by atoms with E-state index in [1.54, 1.807) is 48.5 Å². The van der Waals surface area contributed by atoms with Crippen LogP contribution in [-0.4, -0.2) is 29.5 Å². The summed E-state index contributed by atoms with van der Waals surface area (Å²) in [6.07, 6.45) is 1.69. The van der Waals surface area contributed by atoms with Crippen molar-refractivity contribution < 1.29 is 24.2 Å². The number of hydrogen-bond acceptors (Lipinski definition) is 7. The van der Waals surface area contributed by atoms with Gasteiger partial charge < -0.3 is 15.2 Å². The van der Waals surface area contributed by atoms with Crippen LogP contribution >= 0.6 is 23.4 Å². The van der Waals surface area contributed by atoms with Gasteiger partial charge in [-0.1, -0.05) is 36.7 Å². The van der Waals surface area contributed by atoms with Crippen molar-refractivity contribution in [3.05, 3.63) is 94.0 Å². The number of amides is 2. The van der Waals surface area contributed by atoms with Crippen LogP contribution in [0.2, 0.25) is 5.02 Å². The largest absolute Gasteiger partial charge is 0.508 e. The van der Waals surface area contributed by atoms with Crippen molar-refractivity contribution in [1.82, 2.24) is 0 Å². The Kier molecular flexibility index (Phi) is 7.97. The third-order valence-corrected chi connectivity index (χ3v) is 6.65. The molecule has 0 unspecified atom stereocenters. The molecule has 36 heavy (non-hydrogen) atoms. The number of phenols is 1. The van der Waals surface area contributed by atoms with Gasteiger partial charge in [-0.25, -0.2) is 9.69 Å². The Morgan fingerprint density at radius 2 is 1.64 bits per heavy atom. The molecule has 1 heterocycles. The first kappa shape index (κ1) is 25.3. The molecule has 1 aliphatic heterocycles. The lowest BCUT2D eigenvalue weighted by atomic mass is 10.2. The molecule has 0 saturated heterocycles. The average molecular weight is 523 g/mol. The van der Waals surface area contributed by atoms with Crippen LogP contribution in [0.1, 0.15) is 30.1 Å². The van der Waals surface area contributed by atoms with Gasteiger partial charge in [-0.2, -0.15) is 0 Å². The van der Waals surface area contributed by atoms with E-state index < -0.39 is 17.8 Å². The lowest BCUT2D eigenvalue weighted by Gasteiger charge is -2.16. The molecule has 0 saturated carbocycles. The molecule has 4 rings (SSSR count). The second kappa shape index (κ2) is 11.3. The maximum Gasteiger partial charge on any atom is 0.338 e.